The van der Waals surface area contributed by atoms with Gasteiger partial charge in [0, 0.05) is 44.8 Å². The van der Waals surface area contributed by atoms with Gasteiger partial charge in [-0.1, -0.05) is 48.5 Å². The Morgan fingerprint density at radius 2 is 1.51 bits per heavy atom. The molecule has 0 spiro atoms. The van der Waals surface area contributed by atoms with Gasteiger partial charge in [-0.2, -0.15) is 13.2 Å². The van der Waals surface area contributed by atoms with Crippen molar-refractivity contribution in [2.24, 2.45) is 17.8 Å². The summed E-state index contributed by atoms with van der Waals surface area (Å²) in [5.74, 6) is -1.21. The number of benzene rings is 2. The lowest BCUT2D eigenvalue weighted by Crippen LogP contribution is -2.37. The minimum Gasteiger partial charge on any atom is -0.475 e. The monoisotopic (exact) mass is 602 g/mol. The first-order chi connectivity index (χ1) is 20.3. The Labute approximate surface area is 250 Å². The van der Waals surface area contributed by atoms with Crippen molar-refractivity contribution in [3.05, 3.63) is 70.8 Å². The van der Waals surface area contributed by atoms with E-state index in [2.05, 4.69) is 51.3 Å². The lowest BCUT2D eigenvalue weighted by atomic mass is 10.0. The predicted octanol–water partition coefficient (Wildman–Crippen LogP) is 4.14. The summed E-state index contributed by atoms with van der Waals surface area (Å²) in [6.45, 7) is 10.6. The molecule has 3 saturated heterocycles. The Morgan fingerprint density at radius 1 is 0.930 bits per heavy atom. The molecule has 2 aromatic rings. The van der Waals surface area contributed by atoms with E-state index in [-0.39, 0.29) is 23.8 Å². The normalized spacial score (nSPS) is 22.9. The second-order valence-electron chi connectivity index (χ2n) is 12.1. The van der Waals surface area contributed by atoms with E-state index >= 15 is 0 Å². The molecule has 0 aliphatic carbocycles. The van der Waals surface area contributed by atoms with Crippen LogP contribution >= 0.6 is 0 Å². The van der Waals surface area contributed by atoms with Crippen molar-refractivity contribution in [1.82, 2.24) is 20.0 Å². The Hall–Kier alpha value is -3.44. The molecule has 3 fully saturated rings. The third kappa shape index (κ3) is 8.35. The van der Waals surface area contributed by atoms with E-state index in [9.17, 15) is 22.8 Å². The number of hydrogen-bond acceptors (Lipinski definition) is 5. The topological polar surface area (TPSA) is 93.2 Å². The van der Waals surface area contributed by atoms with Crippen LogP contribution < -0.4 is 5.32 Å². The van der Waals surface area contributed by atoms with Crippen molar-refractivity contribution in [1.29, 1.82) is 0 Å². The second kappa shape index (κ2) is 13.9. The molecule has 8 nitrogen and oxygen atoms in total. The number of carbonyl (C=O) groups excluding carboxylic acids is 2. The summed E-state index contributed by atoms with van der Waals surface area (Å²) in [6, 6.07) is 16.5. The molecule has 43 heavy (non-hydrogen) atoms. The van der Waals surface area contributed by atoms with Gasteiger partial charge < -0.3 is 25.1 Å². The lowest BCUT2D eigenvalue weighted by Gasteiger charge is -2.26. The number of nitrogens with zero attached hydrogens (tertiary/aromatic N) is 3. The fraction of sp³-hybridized carbons (Fsp3) is 0.531. The highest BCUT2D eigenvalue weighted by Gasteiger charge is 2.42. The molecule has 0 saturated carbocycles. The molecule has 234 valence electrons. The van der Waals surface area contributed by atoms with E-state index < -0.39 is 12.1 Å². The molecular weight excluding hydrogens is 561 g/mol. The van der Waals surface area contributed by atoms with Crippen LogP contribution in [0.5, 0.6) is 0 Å². The van der Waals surface area contributed by atoms with E-state index in [1.807, 2.05) is 38.1 Å². The summed E-state index contributed by atoms with van der Waals surface area (Å²) in [5.41, 5.74) is 4.19. The summed E-state index contributed by atoms with van der Waals surface area (Å²) < 4.78 is 31.7. The average molecular weight is 603 g/mol. The van der Waals surface area contributed by atoms with Gasteiger partial charge in [-0.05, 0) is 68.8 Å². The Bertz CT molecular complexity index is 1250. The number of alkyl halides is 3. The number of hydrogen-bond donors (Lipinski definition) is 2. The summed E-state index contributed by atoms with van der Waals surface area (Å²) in [4.78, 5) is 42.0. The number of carboxylic acid groups (broad SMARTS) is 1. The van der Waals surface area contributed by atoms with Crippen LogP contribution in [0.3, 0.4) is 0 Å². The average Bonchev–Trinajstić information content (AvgIpc) is 3.66. The van der Waals surface area contributed by atoms with Gasteiger partial charge in [0.2, 0.25) is 5.91 Å². The first-order valence-corrected chi connectivity index (χ1v) is 14.7. The van der Waals surface area contributed by atoms with E-state index in [1.165, 1.54) is 5.56 Å². The molecule has 0 bridgehead atoms. The molecule has 11 heteroatoms. The van der Waals surface area contributed by atoms with Crippen molar-refractivity contribution >= 4 is 17.8 Å². The Morgan fingerprint density at radius 3 is 2.02 bits per heavy atom. The van der Waals surface area contributed by atoms with Crippen LogP contribution in [0.25, 0.3) is 0 Å². The van der Waals surface area contributed by atoms with Crippen molar-refractivity contribution in [2.45, 2.75) is 38.9 Å². The Balaban J connectivity index is 0.000000541. The molecule has 5 rings (SSSR count). The van der Waals surface area contributed by atoms with Crippen LogP contribution in [0.2, 0.25) is 0 Å². The van der Waals surface area contributed by atoms with Crippen molar-refractivity contribution in [2.75, 3.05) is 52.9 Å². The van der Waals surface area contributed by atoms with Crippen LogP contribution in [0.15, 0.2) is 48.5 Å². The summed E-state index contributed by atoms with van der Waals surface area (Å²) in [6.07, 6.45) is -3.24. The standard InChI is InChI=1S/C30H40N4O2.C2HF3O2/c1-21-8-7-9-22(2)28(21)30(36)34-19-25-17-33(18-26(25)20-34)15-13-27(23-10-5-4-6-11-23)31-29(35)24-12-14-32(3)16-24;3-2(4,5)1(6)7/h4-11,24-27H,12-20H2,1-3H3,(H,31,35);(H,6,7)/t24?,25-,26?,27?;/m0./s1. The quantitative estimate of drug-likeness (QED) is 0.495. The molecule has 3 heterocycles. The van der Waals surface area contributed by atoms with Crippen LogP contribution in [-0.4, -0.2) is 96.6 Å². The number of carbonyl (C=O) groups is 3. The maximum absolute atomic E-state index is 13.3. The van der Waals surface area contributed by atoms with Crippen molar-refractivity contribution in [3.63, 3.8) is 0 Å². The van der Waals surface area contributed by atoms with E-state index in [4.69, 9.17) is 9.90 Å². The molecule has 0 aromatic heterocycles. The van der Waals surface area contributed by atoms with Crippen molar-refractivity contribution < 1.29 is 32.7 Å². The molecule has 3 aliphatic heterocycles. The smallest absolute Gasteiger partial charge is 0.475 e. The molecule has 2 amide bonds. The van der Waals surface area contributed by atoms with Gasteiger partial charge in [0.05, 0.1) is 12.0 Å². The number of amides is 2. The van der Waals surface area contributed by atoms with Crippen LogP contribution in [0, 0.1) is 31.6 Å². The third-order valence-electron chi connectivity index (χ3n) is 8.80. The zero-order valence-corrected chi connectivity index (χ0v) is 24.9. The molecule has 3 unspecified atom stereocenters. The van der Waals surface area contributed by atoms with Gasteiger partial charge >= 0.3 is 12.1 Å². The predicted molar refractivity (Wildman–Crippen MR) is 156 cm³/mol. The summed E-state index contributed by atoms with van der Waals surface area (Å²) in [5, 5.41) is 10.5. The molecule has 4 atom stereocenters. The molecule has 0 radical (unpaired) electrons. The maximum atomic E-state index is 13.3. The lowest BCUT2D eigenvalue weighted by molar-refractivity contribution is -0.192. The van der Waals surface area contributed by atoms with Crippen LogP contribution in [-0.2, 0) is 9.59 Å². The highest BCUT2D eigenvalue weighted by Crippen LogP contribution is 2.33. The molecule has 3 aliphatic rings. The minimum atomic E-state index is -5.08. The minimum absolute atomic E-state index is 0.0344. The SMILES string of the molecule is Cc1cccc(C)c1C(=O)N1CC2CN(CCC(NC(=O)C3CCN(C)C3)c3ccccc3)C[C@H]2C1.O=C(O)C(F)(F)F. The number of halogens is 3. The molecule has 2 N–H and O–H groups in total. The zero-order valence-electron chi connectivity index (χ0n) is 24.9. The molecule has 2 aromatic carbocycles. The number of rotatable bonds is 7. The van der Waals surface area contributed by atoms with Gasteiger partial charge in [-0.25, -0.2) is 4.79 Å². The second-order valence-corrected chi connectivity index (χ2v) is 12.1. The van der Waals surface area contributed by atoms with E-state index in [0.717, 1.165) is 75.3 Å². The van der Waals surface area contributed by atoms with Crippen LogP contribution in [0.4, 0.5) is 13.2 Å². The number of likely N-dealkylation sites (tertiary alicyclic amines) is 3. The van der Waals surface area contributed by atoms with E-state index in [0.29, 0.717) is 11.8 Å². The van der Waals surface area contributed by atoms with Gasteiger partial charge in [0.15, 0.2) is 0 Å². The fourth-order valence-corrected chi connectivity index (χ4v) is 6.51. The number of fused-ring (bicyclic) bond motifs is 1. The molecular formula is C32H41F3N4O4. The summed E-state index contributed by atoms with van der Waals surface area (Å²) in [7, 11) is 2.09. The summed E-state index contributed by atoms with van der Waals surface area (Å²) >= 11 is 0. The van der Waals surface area contributed by atoms with Gasteiger partial charge in [0.1, 0.15) is 0 Å². The number of aliphatic carboxylic acids is 1. The number of nitrogens with one attached hydrogen (secondary N) is 1. The Kier molecular flexibility index (Phi) is 10.5. The van der Waals surface area contributed by atoms with Crippen LogP contribution in [0.1, 0.15) is 45.9 Å². The fourth-order valence-electron chi connectivity index (χ4n) is 6.51. The van der Waals surface area contributed by atoms with Crippen molar-refractivity contribution in [3.8, 4) is 0 Å². The highest BCUT2D eigenvalue weighted by molar-refractivity contribution is 5.97. The van der Waals surface area contributed by atoms with Gasteiger partial charge in [-0.3, -0.25) is 9.59 Å². The third-order valence-corrected chi connectivity index (χ3v) is 8.80. The zero-order chi connectivity index (χ0) is 31.3. The maximum Gasteiger partial charge on any atom is 0.490 e. The van der Waals surface area contributed by atoms with Gasteiger partial charge in [-0.15, -0.1) is 0 Å². The first kappa shape index (κ1) is 32.5. The van der Waals surface area contributed by atoms with Gasteiger partial charge in [0.25, 0.3) is 5.91 Å². The largest absolute Gasteiger partial charge is 0.490 e. The van der Waals surface area contributed by atoms with E-state index in [1.54, 1.807) is 0 Å². The number of aryl methyl sites for hydroxylation is 2. The first-order valence-electron chi connectivity index (χ1n) is 14.7. The highest BCUT2D eigenvalue weighted by atomic mass is 19.4. The number of carboxylic acids is 1.